The van der Waals surface area contributed by atoms with E-state index in [0.29, 0.717) is 18.2 Å². The second kappa shape index (κ2) is 7.75. The SMILES string of the molecule is CN1c2ccccc2NC1CN(C1CCCCC1)C1CCCc2cccnc21. The molecule has 1 fully saturated rings. The number of aryl methyl sites for hydroxylation is 1. The highest BCUT2D eigenvalue weighted by Gasteiger charge is 2.36. The van der Waals surface area contributed by atoms with Crippen molar-refractivity contribution < 1.29 is 0 Å². The van der Waals surface area contributed by atoms with Crippen molar-refractivity contribution in [3.63, 3.8) is 0 Å². The highest BCUT2D eigenvalue weighted by atomic mass is 15.4. The minimum absolute atomic E-state index is 0.327. The summed E-state index contributed by atoms with van der Waals surface area (Å²) in [5, 5.41) is 3.78. The average molecular weight is 377 g/mol. The van der Waals surface area contributed by atoms with E-state index >= 15 is 0 Å². The molecular formula is C24H32N4. The first-order chi connectivity index (χ1) is 13.8. The van der Waals surface area contributed by atoms with Gasteiger partial charge in [0.1, 0.15) is 6.17 Å². The Morgan fingerprint density at radius 1 is 1.04 bits per heavy atom. The fraction of sp³-hybridized carbons (Fsp3) is 0.542. The van der Waals surface area contributed by atoms with Crippen LogP contribution in [0, 0.1) is 0 Å². The lowest BCUT2D eigenvalue weighted by atomic mass is 9.87. The molecule has 0 spiro atoms. The molecule has 0 saturated heterocycles. The van der Waals surface area contributed by atoms with Crippen LogP contribution in [0.2, 0.25) is 0 Å². The molecule has 1 aromatic carbocycles. The largest absolute Gasteiger partial charge is 0.362 e. The quantitative estimate of drug-likeness (QED) is 0.815. The Morgan fingerprint density at radius 3 is 2.75 bits per heavy atom. The number of likely N-dealkylation sites (N-methyl/N-ethyl adjacent to an activating group) is 1. The molecule has 1 N–H and O–H groups in total. The van der Waals surface area contributed by atoms with Crippen molar-refractivity contribution in [3.05, 3.63) is 53.9 Å². The normalized spacial score (nSPS) is 24.7. The number of rotatable bonds is 4. The van der Waals surface area contributed by atoms with Crippen LogP contribution in [0.15, 0.2) is 42.6 Å². The molecular weight excluding hydrogens is 344 g/mol. The summed E-state index contributed by atoms with van der Waals surface area (Å²) >= 11 is 0. The lowest BCUT2D eigenvalue weighted by molar-refractivity contribution is 0.0859. The summed E-state index contributed by atoms with van der Waals surface area (Å²) in [6.45, 7) is 1.05. The summed E-state index contributed by atoms with van der Waals surface area (Å²) in [5.74, 6) is 0. The van der Waals surface area contributed by atoms with Crippen molar-refractivity contribution in [2.45, 2.75) is 69.6 Å². The molecule has 2 unspecified atom stereocenters. The minimum atomic E-state index is 0.327. The lowest BCUT2D eigenvalue weighted by Crippen LogP contribution is -2.50. The number of benzene rings is 1. The van der Waals surface area contributed by atoms with Crippen molar-refractivity contribution in [1.29, 1.82) is 0 Å². The van der Waals surface area contributed by atoms with Crippen molar-refractivity contribution in [2.24, 2.45) is 0 Å². The van der Waals surface area contributed by atoms with Gasteiger partial charge in [-0.25, -0.2) is 0 Å². The third-order valence-electron chi connectivity index (χ3n) is 7.07. The second-order valence-electron chi connectivity index (χ2n) is 8.73. The van der Waals surface area contributed by atoms with Gasteiger partial charge in [0.25, 0.3) is 0 Å². The van der Waals surface area contributed by atoms with Crippen LogP contribution in [0.5, 0.6) is 0 Å². The number of hydrogen-bond donors (Lipinski definition) is 1. The monoisotopic (exact) mass is 376 g/mol. The number of aromatic nitrogens is 1. The number of anilines is 2. The van der Waals surface area contributed by atoms with E-state index in [2.05, 4.69) is 58.6 Å². The van der Waals surface area contributed by atoms with Crippen LogP contribution < -0.4 is 10.2 Å². The fourth-order valence-corrected chi connectivity index (χ4v) is 5.57. The van der Waals surface area contributed by atoms with Crippen LogP contribution in [0.4, 0.5) is 11.4 Å². The first kappa shape index (κ1) is 18.0. The van der Waals surface area contributed by atoms with Crippen LogP contribution in [0.3, 0.4) is 0 Å². The van der Waals surface area contributed by atoms with E-state index in [9.17, 15) is 0 Å². The van der Waals surface area contributed by atoms with E-state index < -0.39 is 0 Å². The molecule has 1 saturated carbocycles. The molecule has 4 heteroatoms. The van der Waals surface area contributed by atoms with E-state index in [0.717, 1.165) is 6.54 Å². The lowest BCUT2D eigenvalue weighted by Gasteiger charge is -2.43. The first-order valence-electron chi connectivity index (χ1n) is 11.1. The Kier molecular flexibility index (Phi) is 4.98. The second-order valence-corrected chi connectivity index (χ2v) is 8.73. The molecule has 4 nitrogen and oxygen atoms in total. The predicted octanol–water partition coefficient (Wildman–Crippen LogP) is 4.98. The van der Waals surface area contributed by atoms with Gasteiger partial charge in [0, 0.05) is 25.8 Å². The molecule has 1 aromatic heterocycles. The number of fused-ring (bicyclic) bond motifs is 2. The summed E-state index contributed by atoms with van der Waals surface area (Å²) in [6, 6.07) is 14.2. The minimum Gasteiger partial charge on any atom is -0.362 e. The van der Waals surface area contributed by atoms with Gasteiger partial charge in [-0.05, 0) is 55.9 Å². The molecule has 28 heavy (non-hydrogen) atoms. The third kappa shape index (κ3) is 3.28. The van der Waals surface area contributed by atoms with Gasteiger partial charge in [-0.2, -0.15) is 0 Å². The fourth-order valence-electron chi connectivity index (χ4n) is 5.57. The predicted molar refractivity (Wildman–Crippen MR) is 116 cm³/mol. The van der Waals surface area contributed by atoms with E-state index in [-0.39, 0.29) is 0 Å². The molecule has 5 rings (SSSR count). The molecule has 148 valence electrons. The van der Waals surface area contributed by atoms with E-state index in [4.69, 9.17) is 4.98 Å². The van der Waals surface area contributed by atoms with E-state index in [1.807, 2.05) is 6.20 Å². The topological polar surface area (TPSA) is 31.4 Å². The smallest absolute Gasteiger partial charge is 0.112 e. The Labute approximate surface area is 169 Å². The van der Waals surface area contributed by atoms with Crippen molar-refractivity contribution in [3.8, 4) is 0 Å². The number of nitrogens with one attached hydrogen (secondary N) is 1. The van der Waals surface area contributed by atoms with Gasteiger partial charge in [0.05, 0.1) is 23.1 Å². The molecule has 0 bridgehead atoms. The van der Waals surface area contributed by atoms with Crippen molar-refractivity contribution in [2.75, 3.05) is 23.8 Å². The zero-order chi connectivity index (χ0) is 18.9. The molecule has 2 atom stereocenters. The van der Waals surface area contributed by atoms with Crippen LogP contribution in [-0.4, -0.2) is 35.7 Å². The summed E-state index contributed by atoms with van der Waals surface area (Å²) < 4.78 is 0. The Balaban J connectivity index is 1.43. The molecule has 2 aromatic rings. The van der Waals surface area contributed by atoms with Crippen LogP contribution in [0.25, 0.3) is 0 Å². The Morgan fingerprint density at radius 2 is 1.89 bits per heavy atom. The summed E-state index contributed by atoms with van der Waals surface area (Å²) in [5.41, 5.74) is 5.40. The van der Waals surface area contributed by atoms with Crippen molar-refractivity contribution >= 4 is 11.4 Å². The summed E-state index contributed by atoms with van der Waals surface area (Å²) in [4.78, 5) is 10.1. The third-order valence-corrected chi connectivity index (χ3v) is 7.07. The van der Waals surface area contributed by atoms with Gasteiger partial charge in [-0.3, -0.25) is 9.88 Å². The maximum Gasteiger partial charge on any atom is 0.112 e. The first-order valence-corrected chi connectivity index (χ1v) is 11.1. The van der Waals surface area contributed by atoms with Gasteiger partial charge >= 0.3 is 0 Å². The Bertz CT molecular complexity index is 814. The highest BCUT2D eigenvalue weighted by molar-refractivity contribution is 5.75. The van der Waals surface area contributed by atoms with Gasteiger partial charge < -0.3 is 10.2 Å². The average Bonchev–Trinajstić information content (AvgIpc) is 3.08. The number of hydrogen-bond acceptors (Lipinski definition) is 4. The molecule has 0 amide bonds. The molecule has 2 heterocycles. The zero-order valence-corrected chi connectivity index (χ0v) is 17.0. The summed E-state index contributed by atoms with van der Waals surface area (Å²) in [6.07, 6.45) is 12.8. The maximum absolute atomic E-state index is 4.87. The Hall–Kier alpha value is -2.07. The summed E-state index contributed by atoms with van der Waals surface area (Å²) in [7, 11) is 2.23. The van der Waals surface area contributed by atoms with Gasteiger partial charge in [-0.1, -0.05) is 37.5 Å². The number of para-hydroxylation sites is 2. The van der Waals surface area contributed by atoms with Gasteiger partial charge in [-0.15, -0.1) is 0 Å². The molecule has 1 aliphatic heterocycles. The van der Waals surface area contributed by atoms with Crippen LogP contribution in [0.1, 0.15) is 62.2 Å². The van der Waals surface area contributed by atoms with E-state index in [1.54, 1.807) is 0 Å². The standard InChI is InChI=1S/C24H32N4/c1-27-21-14-6-5-13-20(21)26-23(27)17-28(19-11-3-2-4-12-19)22-15-7-9-18-10-8-16-25-24(18)22/h5-6,8,10,13-14,16,19,22-23,26H,2-4,7,9,11-12,15,17H2,1H3. The van der Waals surface area contributed by atoms with Crippen molar-refractivity contribution in [1.82, 2.24) is 9.88 Å². The molecule has 2 aliphatic carbocycles. The molecule has 0 radical (unpaired) electrons. The maximum atomic E-state index is 4.87. The molecule has 3 aliphatic rings. The van der Waals surface area contributed by atoms with Gasteiger partial charge in [0.15, 0.2) is 0 Å². The van der Waals surface area contributed by atoms with E-state index in [1.165, 1.54) is 74.0 Å². The van der Waals surface area contributed by atoms with Crippen LogP contribution in [-0.2, 0) is 6.42 Å². The number of pyridine rings is 1. The zero-order valence-electron chi connectivity index (χ0n) is 17.0. The van der Waals surface area contributed by atoms with Gasteiger partial charge in [0.2, 0.25) is 0 Å². The highest BCUT2D eigenvalue weighted by Crippen LogP contribution is 2.39. The van der Waals surface area contributed by atoms with Crippen LogP contribution >= 0.6 is 0 Å². The number of nitrogens with zero attached hydrogens (tertiary/aromatic N) is 3.